The Labute approximate surface area is 140 Å². The number of nitrogens with one attached hydrogen (secondary N) is 2. The number of hydrogen-bond acceptors (Lipinski definition) is 2. The van der Waals surface area contributed by atoms with Crippen LogP contribution in [0.1, 0.15) is 11.1 Å². The summed E-state index contributed by atoms with van der Waals surface area (Å²) in [5.41, 5.74) is -0.0501. The average Bonchev–Trinajstić information content (AvgIpc) is 2.55. The molecule has 0 saturated heterocycles. The van der Waals surface area contributed by atoms with Gasteiger partial charge in [-0.2, -0.15) is 13.2 Å². The van der Waals surface area contributed by atoms with Crippen LogP contribution < -0.4 is 10.6 Å². The first-order valence-electron chi connectivity index (χ1n) is 7.22. The molecule has 132 valence electrons. The van der Waals surface area contributed by atoms with E-state index in [-0.39, 0.29) is 18.7 Å². The first-order chi connectivity index (χ1) is 11.7. The minimum absolute atomic E-state index is 0.0200. The zero-order valence-electron chi connectivity index (χ0n) is 12.9. The quantitative estimate of drug-likeness (QED) is 0.811. The highest BCUT2D eigenvalue weighted by Crippen LogP contribution is 2.29. The van der Waals surface area contributed by atoms with E-state index in [0.29, 0.717) is 5.56 Å². The summed E-state index contributed by atoms with van der Waals surface area (Å²) in [7, 11) is 0. The molecule has 0 radical (unpaired) electrons. The fraction of sp³-hybridized carbons (Fsp3) is 0.176. The van der Waals surface area contributed by atoms with Crippen LogP contribution in [-0.4, -0.2) is 18.4 Å². The van der Waals surface area contributed by atoms with Crippen LogP contribution in [0.15, 0.2) is 48.5 Å². The minimum Gasteiger partial charge on any atom is -0.347 e. The van der Waals surface area contributed by atoms with Crippen LogP contribution in [0.3, 0.4) is 0 Å². The van der Waals surface area contributed by atoms with E-state index in [2.05, 4.69) is 10.6 Å². The number of halogens is 4. The molecule has 0 aliphatic heterocycles. The van der Waals surface area contributed by atoms with Gasteiger partial charge in [-0.3, -0.25) is 9.59 Å². The number of hydrogen-bond donors (Lipinski definition) is 2. The molecular weight excluding hydrogens is 340 g/mol. The first-order valence-corrected chi connectivity index (χ1v) is 7.22. The average molecular weight is 354 g/mol. The molecule has 25 heavy (non-hydrogen) atoms. The molecule has 2 rings (SSSR count). The van der Waals surface area contributed by atoms with Gasteiger partial charge in [0.25, 0.3) is 0 Å². The summed E-state index contributed by atoms with van der Waals surface area (Å²) in [5.74, 6) is -1.43. The number of carbonyl (C=O) groups excluding carboxylic acids is 2. The summed E-state index contributed by atoms with van der Waals surface area (Å²) < 4.78 is 50.1. The number of alkyl halides is 3. The zero-order valence-corrected chi connectivity index (χ0v) is 12.9. The summed E-state index contributed by atoms with van der Waals surface area (Å²) in [6.07, 6.45) is -4.47. The minimum atomic E-state index is -4.45. The Morgan fingerprint density at radius 2 is 1.48 bits per heavy atom. The van der Waals surface area contributed by atoms with Crippen LogP contribution in [0.5, 0.6) is 0 Å². The van der Waals surface area contributed by atoms with Crippen molar-refractivity contribution in [3.63, 3.8) is 0 Å². The van der Waals surface area contributed by atoms with Crippen LogP contribution in [-0.2, 0) is 22.2 Å². The van der Waals surface area contributed by atoms with Crippen molar-refractivity contribution in [1.29, 1.82) is 0 Å². The molecule has 0 spiro atoms. The number of amides is 2. The lowest BCUT2D eigenvalue weighted by molar-refractivity contribution is -0.137. The van der Waals surface area contributed by atoms with Gasteiger partial charge in [-0.25, -0.2) is 4.39 Å². The summed E-state index contributed by atoms with van der Waals surface area (Å²) in [4.78, 5) is 23.4. The van der Waals surface area contributed by atoms with Gasteiger partial charge in [0, 0.05) is 5.69 Å². The second-order valence-corrected chi connectivity index (χ2v) is 5.20. The largest absolute Gasteiger partial charge is 0.416 e. The van der Waals surface area contributed by atoms with Crippen molar-refractivity contribution in [2.75, 3.05) is 11.9 Å². The first kappa shape index (κ1) is 18.4. The van der Waals surface area contributed by atoms with Crippen LogP contribution in [0, 0.1) is 5.82 Å². The molecule has 8 heteroatoms. The molecule has 0 heterocycles. The molecule has 0 saturated carbocycles. The fourth-order valence-electron chi connectivity index (χ4n) is 1.98. The second kappa shape index (κ2) is 7.78. The van der Waals surface area contributed by atoms with Crippen LogP contribution in [0.25, 0.3) is 0 Å². The van der Waals surface area contributed by atoms with Crippen molar-refractivity contribution in [3.05, 3.63) is 65.5 Å². The van der Waals surface area contributed by atoms with E-state index in [1.165, 1.54) is 24.3 Å². The Morgan fingerprint density at radius 3 is 2.04 bits per heavy atom. The van der Waals surface area contributed by atoms with Gasteiger partial charge in [0.15, 0.2) is 0 Å². The van der Waals surface area contributed by atoms with Crippen LogP contribution in [0.4, 0.5) is 23.2 Å². The van der Waals surface area contributed by atoms with Gasteiger partial charge >= 0.3 is 6.18 Å². The van der Waals surface area contributed by atoms with Gasteiger partial charge in [-0.05, 0) is 42.0 Å². The normalized spacial score (nSPS) is 11.0. The number of rotatable bonds is 5. The molecule has 0 aliphatic rings. The highest BCUT2D eigenvalue weighted by Gasteiger charge is 2.29. The summed E-state index contributed by atoms with van der Waals surface area (Å²) in [5, 5.41) is 4.75. The Bertz CT molecular complexity index is 741. The van der Waals surface area contributed by atoms with Gasteiger partial charge in [-0.15, -0.1) is 0 Å². The summed E-state index contributed by atoms with van der Waals surface area (Å²) >= 11 is 0. The molecule has 0 unspecified atom stereocenters. The third-order valence-corrected chi connectivity index (χ3v) is 3.22. The molecule has 2 aromatic rings. The zero-order chi connectivity index (χ0) is 18.4. The Kier molecular flexibility index (Phi) is 5.74. The SMILES string of the molecule is O=C(Cc1ccc(F)cc1)NCC(=O)Nc1ccc(C(F)(F)F)cc1. The van der Waals surface area contributed by atoms with E-state index in [1.54, 1.807) is 0 Å². The van der Waals surface area contributed by atoms with E-state index < -0.39 is 29.4 Å². The molecule has 0 atom stereocenters. The van der Waals surface area contributed by atoms with Gasteiger partial charge < -0.3 is 10.6 Å². The molecule has 4 nitrogen and oxygen atoms in total. The molecule has 0 fully saturated rings. The van der Waals surface area contributed by atoms with Crippen molar-refractivity contribution in [2.45, 2.75) is 12.6 Å². The van der Waals surface area contributed by atoms with Gasteiger partial charge in [-0.1, -0.05) is 12.1 Å². The third kappa shape index (κ3) is 5.91. The Balaban J connectivity index is 1.80. The predicted octanol–water partition coefficient (Wildman–Crippen LogP) is 3.14. The van der Waals surface area contributed by atoms with Crippen molar-refractivity contribution < 1.29 is 27.2 Å². The highest BCUT2D eigenvalue weighted by molar-refractivity contribution is 5.94. The number of carbonyl (C=O) groups is 2. The highest BCUT2D eigenvalue weighted by atomic mass is 19.4. The topological polar surface area (TPSA) is 58.2 Å². The monoisotopic (exact) mass is 354 g/mol. The molecule has 0 aromatic heterocycles. The van der Waals surface area contributed by atoms with E-state index >= 15 is 0 Å². The standard InChI is InChI=1S/C17H14F4N2O2/c18-13-5-1-11(2-6-13)9-15(24)22-10-16(25)23-14-7-3-12(4-8-14)17(19,20)21/h1-8H,9-10H2,(H,22,24)(H,23,25). The van der Waals surface area contributed by atoms with Crippen molar-refractivity contribution >= 4 is 17.5 Å². The lowest BCUT2D eigenvalue weighted by Crippen LogP contribution is -2.33. The van der Waals surface area contributed by atoms with Gasteiger partial charge in [0.1, 0.15) is 5.82 Å². The van der Waals surface area contributed by atoms with Crippen LogP contribution >= 0.6 is 0 Å². The van der Waals surface area contributed by atoms with E-state index in [9.17, 15) is 27.2 Å². The Hall–Kier alpha value is -2.90. The summed E-state index contributed by atoms with van der Waals surface area (Å²) in [6.45, 7) is -0.332. The van der Waals surface area contributed by atoms with E-state index in [0.717, 1.165) is 24.3 Å². The third-order valence-electron chi connectivity index (χ3n) is 3.22. The summed E-state index contributed by atoms with van der Waals surface area (Å²) in [6, 6.07) is 9.31. The van der Waals surface area contributed by atoms with E-state index in [1.807, 2.05) is 0 Å². The second-order valence-electron chi connectivity index (χ2n) is 5.20. The van der Waals surface area contributed by atoms with Gasteiger partial charge in [0.05, 0.1) is 18.5 Å². The smallest absolute Gasteiger partial charge is 0.347 e. The van der Waals surface area contributed by atoms with E-state index in [4.69, 9.17) is 0 Å². The van der Waals surface area contributed by atoms with Crippen molar-refractivity contribution in [3.8, 4) is 0 Å². The lowest BCUT2D eigenvalue weighted by Gasteiger charge is -2.09. The predicted molar refractivity (Wildman–Crippen MR) is 83.2 cm³/mol. The van der Waals surface area contributed by atoms with Crippen molar-refractivity contribution in [1.82, 2.24) is 5.32 Å². The molecule has 2 amide bonds. The maximum Gasteiger partial charge on any atom is 0.416 e. The van der Waals surface area contributed by atoms with Crippen molar-refractivity contribution in [2.24, 2.45) is 0 Å². The number of benzene rings is 2. The molecule has 2 N–H and O–H groups in total. The maximum atomic E-state index is 12.8. The maximum absolute atomic E-state index is 12.8. The lowest BCUT2D eigenvalue weighted by atomic mass is 10.1. The molecule has 2 aromatic carbocycles. The Morgan fingerprint density at radius 1 is 0.880 bits per heavy atom. The fourth-order valence-corrected chi connectivity index (χ4v) is 1.98. The molecular formula is C17H14F4N2O2. The molecule has 0 bridgehead atoms. The van der Waals surface area contributed by atoms with Crippen LogP contribution in [0.2, 0.25) is 0 Å². The number of anilines is 1. The van der Waals surface area contributed by atoms with Gasteiger partial charge in [0.2, 0.25) is 11.8 Å². The molecule has 0 aliphatic carbocycles.